The van der Waals surface area contributed by atoms with Crippen LogP contribution in [-0.4, -0.2) is 87.8 Å². The van der Waals surface area contributed by atoms with Crippen LogP contribution in [0.1, 0.15) is 32.3 Å². The van der Waals surface area contributed by atoms with Gasteiger partial charge in [-0.3, -0.25) is 0 Å². The first-order valence-corrected chi connectivity index (χ1v) is 15.2. The Balaban J connectivity index is 1.49. The number of carbonyl (C=O) groups is 1. The third kappa shape index (κ3) is 7.94. The van der Waals surface area contributed by atoms with E-state index in [0.29, 0.717) is 31.8 Å². The summed E-state index contributed by atoms with van der Waals surface area (Å²) in [7, 11) is -2.42. The number of carbonyl (C=O) groups excluding carboxylic acids is 1. The lowest BCUT2D eigenvalue weighted by atomic mass is 10.0. The monoisotopic (exact) mass is 576 g/mol. The van der Waals surface area contributed by atoms with Gasteiger partial charge < -0.3 is 29.4 Å². The average molecular weight is 577 g/mol. The molecule has 40 heavy (non-hydrogen) atoms. The Morgan fingerprint density at radius 3 is 2.23 bits per heavy atom. The van der Waals surface area contributed by atoms with E-state index in [-0.39, 0.29) is 48.6 Å². The molecule has 0 bridgehead atoms. The van der Waals surface area contributed by atoms with Gasteiger partial charge in [0.05, 0.1) is 49.6 Å². The number of hydrogen-bond acceptors (Lipinski definition) is 8. The predicted octanol–water partition coefficient (Wildman–Crippen LogP) is 2.99. The molecule has 0 aromatic heterocycles. The number of sulfonamides is 1. The van der Waals surface area contributed by atoms with Gasteiger partial charge in [0.15, 0.2) is 0 Å². The van der Waals surface area contributed by atoms with Crippen LogP contribution >= 0.6 is 0 Å². The fourth-order valence-corrected chi connectivity index (χ4v) is 6.78. The summed E-state index contributed by atoms with van der Waals surface area (Å²) in [5.74, 6) is 0.542. The first-order valence-electron chi connectivity index (χ1n) is 13.7. The summed E-state index contributed by atoms with van der Waals surface area (Å²) in [5, 5.41) is 14.2. The second kappa shape index (κ2) is 13.8. The van der Waals surface area contributed by atoms with Crippen LogP contribution in [0.15, 0.2) is 59.5 Å². The number of aliphatic hydroxyl groups excluding tert-OH is 1. The van der Waals surface area contributed by atoms with Crippen molar-refractivity contribution in [1.82, 2.24) is 9.62 Å². The molecular formula is C29H40N2O8S. The molecule has 1 heterocycles. The Morgan fingerprint density at radius 1 is 1.02 bits per heavy atom. The summed E-state index contributed by atoms with van der Waals surface area (Å²) in [5.41, 5.74) is 0.883. The number of hydrogen-bond donors (Lipinski definition) is 2. The molecule has 0 radical (unpaired) electrons. The van der Waals surface area contributed by atoms with E-state index in [2.05, 4.69) is 5.32 Å². The first-order chi connectivity index (χ1) is 19.2. The van der Waals surface area contributed by atoms with E-state index in [1.54, 1.807) is 12.1 Å². The molecule has 4 rings (SSSR count). The number of nitrogens with zero attached hydrogens (tertiary/aromatic N) is 1. The van der Waals surface area contributed by atoms with Gasteiger partial charge in [0.1, 0.15) is 11.9 Å². The van der Waals surface area contributed by atoms with Crippen molar-refractivity contribution >= 4 is 16.1 Å². The molecule has 2 fully saturated rings. The van der Waals surface area contributed by atoms with Crippen molar-refractivity contribution < 1.29 is 37.3 Å². The number of methoxy groups -OCH3 is 1. The molecule has 2 unspecified atom stereocenters. The summed E-state index contributed by atoms with van der Waals surface area (Å²) in [6.45, 7) is 4.85. The molecule has 2 N–H and O–H groups in total. The number of benzene rings is 2. The molecule has 2 aromatic carbocycles. The molecule has 1 amide bonds. The summed E-state index contributed by atoms with van der Waals surface area (Å²) in [6.07, 6.45) is -1.05. The number of amides is 1. The fourth-order valence-electron chi connectivity index (χ4n) is 5.16. The van der Waals surface area contributed by atoms with Crippen molar-refractivity contribution in [2.24, 2.45) is 5.92 Å². The summed E-state index contributed by atoms with van der Waals surface area (Å²) in [6, 6.07) is 14.7. The maximum Gasteiger partial charge on any atom is 0.407 e. The Morgan fingerprint density at radius 2 is 1.65 bits per heavy atom. The normalized spacial score (nSPS) is 22.5. The van der Waals surface area contributed by atoms with Crippen molar-refractivity contribution in [1.29, 1.82) is 0 Å². The minimum Gasteiger partial charge on any atom is -0.497 e. The molecule has 2 aromatic rings. The lowest BCUT2D eigenvalue weighted by Gasteiger charge is -2.30. The van der Waals surface area contributed by atoms with Gasteiger partial charge in [-0.1, -0.05) is 44.2 Å². The van der Waals surface area contributed by atoms with Crippen LogP contribution in [-0.2, 0) is 30.7 Å². The van der Waals surface area contributed by atoms with Gasteiger partial charge in [-0.05, 0) is 42.2 Å². The quantitative estimate of drug-likeness (QED) is 0.395. The van der Waals surface area contributed by atoms with Gasteiger partial charge in [0, 0.05) is 25.9 Å². The number of alkyl carbamates (subject to hydrolysis) is 1. The van der Waals surface area contributed by atoms with Gasteiger partial charge in [-0.15, -0.1) is 0 Å². The van der Waals surface area contributed by atoms with Crippen LogP contribution in [0.5, 0.6) is 5.75 Å². The van der Waals surface area contributed by atoms with E-state index >= 15 is 0 Å². The second-order valence-corrected chi connectivity index (χ2v) is 12.7. The number of rotatable bonds is 12. The van der Waals surface area contributed by atoms with Crippen molar-refractivity contribution in [2.45, 2.75) is 68.5 Å². The van der Waals surface area contributed by atoms with Gasteiger partial charge in [0.25, 0.3) is 0 Å². The zero-order valence-electron chi connectivity index (χ0n) is 23.3. The van der Waals surface area contributed by atoms with Gasteiger partial charge in [-0.2, -0.15) is 4.31 Å². The van der Waals surface area contributed by atoms with Crippen LogP contribution in [0, 0.1) is 5.92 Å². The molecule has 0 spiro atoms. The molecule has 1 aliphatic carbocycles. The van der Waals surface area contributed by atoms with Crippen LogP contribution in [0.4, 0.5) is 4.79 Å². The Labute approximate surface area is 236 Å². The largest absolute Gasteiger partial charge is 0.497 e. The zero-order chi connectivity index (χ0) is 28.7. The fraction of sp³-hybridized carbons (Fsp3) is 0.552. The zero-order valence-corrected chi connectivity index (χ0v) is 24.1. The highest BCUT2D eigenvalue weighted by atomic mass is 32.2. The van der Waals surface area contributed by atoms with Crippen LogP contribution in [0.3, 0.4) is 0 Å². The smallest absolute Gasteiger partial charge is 0.407 e. The van der Waals surface area contributed by atoms with Gasteiger partial charge >= 0.3 is 6.09 Å². The van der Waals surface area contributed by atoms with E-state index in [0.717, 1.165) is 5.56 Å². The van der Waals surface area contributed by atoms with E-state index in [4.69, 9.17) is 18.9 Å². The number of fused-ring (bicyclic) bond motifs is 1. The van der Waals surface area contributed by atoms with Crippen LogP contribution in [0.25, 0.3) is 0 Å². The molecule has 10 nitrogen and oxygen atoms in total. The molecule has 11 heteroatoms. The molecule has 220 valence electrons. The molecule has 5 atom stereocenters. The summed E-state index contributed by atoms with van der Waals surface area (Å²) < 4.78 is 50.8. The number of aliphatic hydroxyl groups is 1. The Bertz CT molecular complexity index is 1180. The lowest BCUT2D eigenvalue weighted by molar-refractivity contribution is -0.124. The minimum absolute atomic E-state index is 0.000980. The first kappa shape index (κ1) is 30.3. The third-order valence-corrected chi connectivity index (χ3v) is 8.99. The topological polar surface area (TPSA) is 124 Å². The van der Waals surface area contributed by atoms with E-state index < -0.39 is 28.3 Å². The molecule has 1 saturated carbocycles. The van der Waals surface area contributed by atoms with E-state index in [9.17, 15) is 18.3 Å². The highest BCUT2D eigenvalue weighted by molar-refractivity contribution is 7.89. The number of ether oxygens (including phenoxy) is 4. The predicted molar refractivity (Wildman–Crippen MR) is 149 cm³/mol. The highest BCUT2D eigenvalue weighted by Gasteiger charge is 2.40. The van der Waals surface area contributed by atoms with Crippen molar-refractivity contribution in [3.63, 3.8) is 0 Å². The van der Waals surface area contributed by atoms with Crippen molar-refractivity contribution in [2.75, 3.05) is 33.4 Å². The molecule has 1 saturated heterocycles. The molecule has 2 aliphatic rings. The Hall–Kier alpha value is -2.70. The minimum atomic E-state index is -3.94. The standard InChI is InChI=1S/C29H40N2O8S/c1-20(2)18-31(40(34,35)24-11-9-22(36-3)10-12-24)19-26(32)25(15-21-7-5-4-6-8-21)30-29(33)39-23-16-27-28(17-23)38-14-13-37-27/h4-12,20,23,25-28,32H,13-19H2,1-3H3,(H,30,33)/t23?,25?,26-,27-,28+/m1/s1. The maximum atomic E-state index is 13.6. The Kier molecular flexibility index (Phi) is 10.4. The van der Waals surface area contributed by atoms with Crippen LogP contribution in [0.2, 0.25) is 0 Å². The maximum absolute atomic E-state index is 13.6. The SMILES string of the molecule is COc1ccc(S(=O)(=O)N(CC(C)C)C[C@@H](O)C(Cc2ccccc2)NC(=O)OC2C[C@@H]3OCCO[C@@H]3C2)cc1. The second-order valence-electron chi connectivity index (χ2n) is 10.7. The third-order valence-electron chi connectivity index (χ3n) is 7.15. The van der Waals surface area contributed by atoms with E-state index in [1.807, 2.05) is 44.2 Å². The van der Waals surface area contributed by atoms with Crippen LogP contribution < -0.4 is 10.1 Å². The van der Waals surface area contributed by atoms with Crippen molar-refractivity contribution in [3.8, 4) is 5.75 Å². The van der Waals surface area contributed by atoms with Gasteiger partial charge in [-0.25, -0.2) is 13.2 Å². The van der Waals surface area contributed by atoms with Crippen molar-refractivity contribution in [3.05, 3.63) is 60.2 Å². The lowest BCUT2D eigenvalue weighted by Crippen LogP contribution is -2.51. The summed E-state index contributed by atoms with van der Waals surface area (Å²) >= 11 is 0. The number of nitrogens with one attached hydrogen (secondary N) is 1. The summed E-state index contributed by atoms with van der Waals surface area (Å²) in [4.78, 5) is 13.1. The van der Waals surface area contributed by atoms with E-state index in [1.165, 1.54) is 23.5 Å². The average Bonchev–Trinajstić information content (AvgIpc) is 3.34. The molecular weight excluding hydrogens is 536 g/mol. The molecule has 1 aliphatic heterocycles. The van der Waals surface area contributed by atoms with Gasteiger partial charge in [0.2, 0.25) is 10.0 Å². The highest BCUT2D eigenvalue weighted by Crippen LogP contribution is 2.30.